The zero-order valence-corrected chi connectivity index (χ0v) is 18.0. The molecular formula is C24H31Cl2N. The number of benzene rings is 2. The minimum Gasteiger partial charge on any atom is -0.297 e. The van der Waals surface area contributed by atoms with Crippen molar-refractivity contribution in [3.63, 3.8) is 0 Å². The summed E-state index contributed by atoms with van der Waals surface area (Å²) in [5.41, 5.74) is 4.20. The standard InChI is InChI=1S/C24H31Cl2N/c1-18(2)27(17-20-7-4-3-5-8-20)14-6-9-19-10-12-21(13-11-19)22-15-23(25)24(26)16-22/h3-5,7-8,10-13,18,22-24H,6,9,14-17H2,1-2H3. The summed E-state index contributed by atoms with van der Waals surface area (Å²) in [6.45, 7) is 6.72. The minimum atomic E-state index is 0.114. The van der Waals surface area contributed by atoms with Crippen molar-refractivity contribution < 1.29 is 0 Å². The van der Waals surface area contributed by atoms with Gasteiger partial charge >= 0.3 is 0 Å². The molecule has 1 fully saturated rings. The van der Waals surface area contributed by atoms with Gasteiger partial charge in [0.15, 0.2) is 0 Å². The van der Waals surface area contributed by atoms with Crippen LogP contribution in [0.5, 0.6) is 0 Å². The van der Waals surface area contributed by atoms with Gasteiger partial charge in [-0.1, -0.05) is 54.6 Å². The molecule has 2 aromatic carbocycles. The van der Waals surface area contributed by atoms with E-state index in [-0.39, 0.29) is 10.8 Å². The summed E-state index contributed by atoms with van der Waals surface area (Å²) in [4.78, 5) is 2.56. The summed E-state index contributed by atoms with van der Waals surface area (Å²) in [6.07, 6.45) is 4.30. The maximum Gasteiger partial charge on any atom is 0.0505 e. The van der Waals surface area contributed by atoms with E-state index >= 15 is 0 Å². The van der Waals surface area contributed by atoms with Crippen LogP contribution in [0.1, 0.15) is 55.7 Å². The lowest BCUT2D eigenvalue weighted by molar-refractivity contribution is 0.210. The summed E-state index contributed by atoms with van der Waals surface area (Å²) in [5, 5.41) is 0.228. The van der Waals surface area contributed by atoms with Gasteiger partial charge in [0, 0.05) is 12.6 Å². The van der Waals surface area contributed by atoms with Gasteiger partial charge in [-0.3, -0.25) is 4.90 Å². The predicted molar refractivity (Wildman–Crippen MR) is 118 cm³/mol. The topological polar surface area (TPSA) is 3.24 Å². The summed E-state index contributed by atoms with van der Waals surface area (Å²) in [5.74, 6) is 0.520. The lowest BCUT2D eigenvalue weighted by Gasteiger charge is -2.26. The number of aryl methyl sites for hydroxylation is 1. The van der Waals surface area contributed by atoms with Crippen molar-refractivity contribution in [2.45, 2.75) is 68.8 Å². The quantitative estimate of drug-likeness (QED) is 0.447. The summed E-state index contributed by atoms with van der Waals surface area (Å²) in [6, 6.07) is 20.5. The van der Waals surface area contributed by atoms with Crippen molar-refractivity contribution in [3.05, 3.63) is 71.3 Å². The van der Waals surface area contributed by atoms with Gasteiger partial charge in [-0.25, -0.2) is 0 Å². The molecule has 0 bridgehead atoms. The first-order chi connectivity index (χ1) is 13.0. The molecule has 2 unspecified atom stereocenters. The van der Waals surface area contributed by atoms with E-state index in [0.29, 0.717) is 12.0 Å². The second-order valence-corrected chi connectivity index (χ2v) is 9.22. The Morgan fingerprint density at radius 1 is 0.889 bits per heavy atom. The Labute approximate surface area is 174 Å². The van der Waals surface area contributed by atoms with E-state index < -0.39 is 0 Å². The second kappa shape index (κ2) is 9.96. The molecular weight excluding hydrogens is 373 g/mol. The molecule has 0 N–H and O–H groups in total. The molecule has 3 heteroatoms. The first-order valence-corrected chi connectivity index (χ1v) is 11.0. The molecule has 27 heavy (non-hydrogen) atoms. The molecule has 3 rings (SSSR count). The van der Waals surface area contributed by atoms with Gasteiger partial charge in [-0.15, -0.1) is 23.2 Å². The Balaban J connectivity index is 1.49. The monoisotopic (exact) mass is 403 g/mol. The molecule has 0 radical (unpaired) electrons. The molecule has 0 amide bonds. The van der Waals surface area contributed by atoms with E-state index in [4.69, 9.17) is 23.2 Å². The van der Waals surface area contributed by atoms with Crippen LogP contribution < -0.4 is 0 Å². The van der Waals surface area contributed by atoms with Crippen molar-refractivity contribution in [3.8, 4) is 0 Å². The predicted octanol–water partition coefficient (Wildman–Crippen LogP) is 6.62. The van der Waals surface area contributed by atoms with Crippen molar-refractivity contribution in [2.75, 3.05) is 6.54 Å². The van der Waals surface area contributed by atoms with Crippen molar-refractivity contribution >= 4 is 23.2 Å². The Bertz CT molecular complexity index is 673. The zero-order valence-electron chi connectivity index (χ0n) is 16.5. The van der Waals surface area contributed by atoms with Crippen LogP contribution in [0.4, 0.5) is 0 Å². The summed E-state index contributed by atoms with van der Waals surface area (Å²) in [7, 11) is 0. The van der Waals surface area contributed by atoms with Gasteiger partial charge < -0.3 is 0 Å². The van der Waals surface area contributed by atoms with Crippen LogP contribution in [0.3, 0.4) is 0 Å². The van der Waals surface area contributed by atoms with Crippen LogP contribution in [-0.4, -0.2) is 28.2 Å². The Morgan fingerprint density at radius 3 is 2.11 bits per heavy atom. The molecule has 1 saturated carbocycles. The summed E-state index contributed by atoms with van der Waals surface area (Å²) < 4.78 is 0. The van der Waals surface area contributed by atoms with E-state index in [1.165, 1.54) is 23.1 Å². The third kappa shape index (κ3) is 5.98. The first-order valence-electron chi connectivity index (χ1n) is 10.2. The van der Waals surface area contributed by atoms with Gasteiger partial charge in [0.25, 0.3) is 0 Å². The second-order valence-electron chi connectivity index (χ2n) is 8.10. The molecule has 1 aliphatic carbocycles. The Kier molecular flexibility index (Phi) is 7.64. The fourth-order valence-electron chi connectivity index (χ4n) is 3.99. The maximum absolute atomic E-state index is 6.28. The van der Waals surface area contributed by atoms with E-state index in [9.17, 15) is 0 Å². The zero-order chi connectivity index (χ0) is 19.2. The normalized spacial score (nSPS) is 22.7. The van der Waals surface area contributed by atoms with Crippen molar-refractivity contribution in [2.24, 2.45) is 0 Å². The Hall–Kier alpha value is -1.02. The fraction of sp³-hybridized carbons (Fsp3) is 0.500. The van der Waals surface area contributed by atoms with Gasteiger partial charge in [-0.2, -0.15) is 0 Å². The van der Waals surface area contributed by atoms with E-state index in [1.807, 2.05) is 0 Å². The van der Waals surface area contributed by atoms with Gasteiger partial charge in [0.1, 0.15) is 0 Å². The number of halogens is 2. The van der Waals surface area contributed by atoms with Crippen LogP contribution >= 0.6 is 23.2 Å². The molecule has 146 valence electrons. The fourth-order valence-corrected chi connectivity index (χ4v) is 4.62. The highest BCUT2D eigenvalue weighted by Gasteiger charge is 2.32. The van der Waals surface area contributed by atoms with E-state index in [0.717, 1.165) is 32.4 Å². The molecule has 0 aliphatic heterocycles. The first kappa shape index (κ1) is 20.7. The van der Waals surface area contributed by atoms with Crippen LogP contribution in [-0.2, 0) is 13.0 Å². The minimum absolute atomic E-state index is 0.114. The average molecular weight is 404 g/mol. The maximum atomic E-state index is 6.28. The van der Waals surface area contributed by atoms with Crippen molar-refractivity contribution in [1.82, 2.24) is 4.90 Å². The van der Waals surface area contributed by atoms with E-state index in [2.05, 4.69) is 73.3 Å². The molecule has 1 nitrogen and oxygen atoms in total. The highest BCUT2D eigenvalue weighted by molar-refractivity contribution is 6.30. The number of nitrogens with zero attached hydrogens (tertiary/aromatic N) is 1. The molecule has 1 aliphatic rings. The lowest BCUT2D eigenvalue weighted by Crippen LogP contribution is -2.31. The number of rotatable bonds is 8. The smallest absolute Gasteiger partial charge is 0.0505 e. The highest BCUT2D eigenvalue weighted by atomic mass is 35.5. The largest absolute Gasteiger partial charge is 0.297 e. The molecule has 0 aromatic heterocycles. The highest BCUT2D eigenvalue weighted by Crippen LogP contribution is 2.40. The van der Waals surface area contributed by atoms with Crippen LogP contribution in [0.15, 0.2) is 54.6 Å². The van der Waals surface area contributed by atoms with Gasteiger partial charge in [-0.05, 0) is 68.7 Å². The number of alkyl halides is 2. The van der Waals surface area contributed by atoms with Crippen LogP contribution in [0, 0.1) is 0 Å². The molecule has 0 heterocycles. The third-order valence-electron chi connectivity index (χ3n) is 5.73. The molecule has 0 saturated heterocycles. The molecule has 2 atom stereocenters. The van der Waals surface area contributed by atoms with Gasteiger partial charge in [0.05, 0.1) is 10.8 Å². The molecule has 2 aromatic rings. The van der Waals surface area contributed by atoms with Crippen LogP contribution in [0.25, 0.3) is 0 Å². The lowest BCUT2D eigenvalue weighted by atomic mass is 9.96. The average Bonchev–Trinajstić information content (AvgIpc) is 3.01. The third-order valence-corrected chi connectivity index (χ3v) is 6.83. The SMILES string of the molecule is CC(C)N(CCCc1ccc(C2CC(Cl)C(Cl)C2)cc1)Cc1ccccc1. The number of hydrogen-bond donors (Lipinski definition) is 0. The van der Waals surface area contributed by atoms with Gasteiger partial charge in [0.2, 0.25) is 0 Å². The van der Waals surface area contributed by atoms with Crippen LogP contribution in [0.2, 0.25) is 0 Å². The van der Waals surface area contributed by atoms with E-state index in [1.54, 1.807) is 0 Å². The number of hydrogen-bond acceptors (Lipinski definition) is 1. The molecule has 0 spiro atoms. The summed E-state index contributed by atoms with van der Waals surface area (Å²) >= 11 is 12.6. The van der Waals surface area contributed by atoms with Crippen molar-refractivity contribution in [1.29, 1.82) is 0 Å². The Morgan fingerprint density at radius 2 is 1.52 bits per heavy atom.